The Hall–Kier alpha value is -3.41. The van der Waals surface area contributed by atoms with Crippen molar-refractivity contribution >= 4 is 22.6 Å². The topological polar surface area (TPSA) is 73.0 Å². The summed E-state index contributed by atoms with van der Waals surface area (Å²) in [6.45, 7) is 9.89. The normalized spacial score (nSPS) is 11.2. The van der Waals surface area contributed by atoms with E-state index in [2.05, 4.69) is 43.3 Å². The Morgan fingerprint density at radius 2 is 1.79 bits per heavy atom. The summed E-state index contributed by atoms with van der Waals surface area (Å²) in [4.78, 5) is 17.4. The number of nitrogens with zero attached hydrogens (tertiary/aromatic N) is 3. The first-order chi connectivity index (χ1) is 13.3. The number of fused-ring (bicyclic) bond motifs is 1. The van der Waals surface area contributed by atoms with Gasteiger partial charge < -0.3 is 9.73 Å². The van der Waals surface area contributed by atoms with Gasteiger partial charge in [-0.2, -0.15) is 9.78 Å². The summed E-state index contributed by atoms with van der Waals surface area (Å²) in [6, 6.07) is 11.5. The van der Waals surface area contributed by atoms with Crippen LogP contribution in [0.25, 0.3) is 16.7 Å². The second-order valence-corrected chi connectivity index (χ2v) is 7.22. The fourth-order valence-corrected chi connectivity index (χ4v) is 3.43. The lowest BCUT2D eigenvalue weighted by Crippen LogP contribution is -2.15. The fourth-order valence-electron chi connectivity index (χ4n) is 3.43. The van der Waals surface area contributed by atoms with Crippen LogP contribution in [0.4, 0.5) is 5.82 Å². The van der Waals surface area contributed by atoms with E-state index in [9.17, 15) is 4.79 Å². The number of pyridine rings is 1. The van der Waals surface area contributed by atoms with Gasteiger partial charge in [0.2, 0.25) is 0 Å². The van der Waals surface area contributed by atoms with Crippen LogP contribution in [0.15, 0.2) is 40.8 Å². The average molecular weight is 374 g/mol. The van der Waals surface area contributed by atoms with Gasteiger partial charge in [-0.25, -0.2) is 4.98 Å². The van der Waals surface area contributed by atoms with Gasteiger partial charge in [-0.15, -0.1) is 0 Å². The number of nitrogens with one attached hydrogen (secondary N) is 1. The van der Waals surface area contributed by atoms with Crippen LogP contribution in [-0.4, -0.2) is 20.7 Å². The fraction of sp³-hybridized carbons (Fsp3) is 0.227. The molecule has 0 atom stereocenters. The van der Waals surface area contributed by atoms with Crippen molar-refractivity contribution in [3.63, 3.8) is 0 Å². The summed E-state index contributed by atoms with van der Waals surface area (Å²) < 4.78 is 7.08. The summed E-state index contributed by atoms with van der Waals surface area (Å²) in [6.07, 6.45) is 0. The number of carbonyl (C=O) groups excluding carboxylic acids is 1. The smallest absolute Gasteiger partial charge is 0.292 e. The zero-order chi connectivity index (χ0) is 20.0. The molecule has 1 aromatic carbocycles. The van der Waals surface area contributed by atoms with Crippen molar-refractivity contribution in [2.75, 3.05) is 5.32 Å². The minimum Gasteiger partial charge on any atom is -0.456 e. The minimum atomic E-state index is -0.321. The van der Waals surface area contributed by atoms with Crippen molar-refractivity contribution in [1.29, 1.82) is 0 Å². The molecule has 0 bridgehead atoms. The Bertz CT molecular complexity index is 1220. The SMILES string of the molecule is Cc1cc(C)c2nc(-n3nc(C)cc3NC(=O)c3ccc(C)o3)cc(C)c2c1. The highest BCUT2D eigenvalue weighted by atomic mass is 16.3. The second-order valence-electron chi connectivity index (χ2n) is 7.22. The van der Waals surface area contributed by atoms with E-state index in [1.807, 2.05) is 19.1 Å². The van der Waals surface area contributed by atoms with Crippen LogP contribution in [0.3, 0.4) is 0 Å². The molecular weight excluding hydrogens is 352 g/mol. The minimum absolute atomic E-state index is 0.261. The van der Waals surface area contributed by atoms with Gasteiger partial charge in [0.25, 0.3) is 5.91 Å². The molecule has 0 aliphatic carbocycles. The van der Waals surface area contributed by atoms with Crippen LogP contribution in [0.2, 0.25) is 0 Å². The van der Waals surface area contributed by atoms with Gasteiger partial charge in [-0.3, -0.25) is 4.79 Å². The molecule has 0 aliphatic rings. The van der Waals surface area contributed by atoms with E-state index in [1.165, 1.54) is 5.56 Å². The molecule has 0 unspecified atom stereocenters. The molecule has 1 N–H and O–H groups in total. The molecule has 4 aromatic rings. The Kier molecular flexibility index (Phi) is 4.26. The maximum Gasteiger partial charge on any atom is 0.292 e. The van der Waals surface area contributed by atoms with Crippen molar-refractivity contribution in [3.8, 4) is 5.82 Å². The molecule has 3 heterocycles. The number of aromatic nitrogens is 3. The predicted octanol–water partition coefficient (Wildman–Crippen LogP) is 4.81. The van der Waals surface area contributed by atoms with Crippen molar-refractivity contribution in [3.05, 3.63) is 70.3 Å². The molecule has 1 amide bonds. The number of carbonyl (C=O) groups is 1. The number of anilines is 1. The Morgan fingerprint density at radius 1 is 1.00 bits per heavy atom. The van der Waals surface area contributed by atoms with Crippen molar-refractivity contribution in [2.24, 2.45) is 0 Å². The number of rotatable bonds is 3. The standard InChI is InChI=1S/C22H22N4O2/c1-12-8-14(3)21-17(9-12)13(2)10-19(23-21)26-20(11-15(4)25-26)24-22(27)18-7-6-16(5)28-18/h6-11H,1-5H3,(H,24,27). The first kappa shape index (κ1) is 18.0. The largest absolute Gasteiger partial charge is 0.456 e. The molecule has 3 aromatic heterocycles. The zero-order valence-corrected chi connectivity index (χ0v) is 16.6. The highest BCUT2D eigenvalue weighted by Gasteiger charge is 2.17. The van der Waals surface area contributed by atoms with Gasteiger partial charge in [0.1, 0.15) is 11.6 Å². The van der Waals surface area contributed by atoms with Crippen LogP contribution >= 0.6 is 0 Å². The maximum atomic E-state index is 12.5. The average Bonchev–Trinajstić information content (AvgIpc) is 3.21. The lowest BCUT2D eigenvalue weighted by atomic mass is 10.0. The van der Waals surface area contributed by atoms with Gasteiger partial charge in [-0.05, 0) is 70.0 Å². The number of aryl methyl sites for hydroxylation is 5. The Labute approximate surface area is 163 Å². The third kappa shape index (κ3) is 3.17. The molecule has 4 rings (SSSR count). The van der Waals surface area contributed by atoms with Crippen molar-refractivity contribution < 1.29 is 9.21 Å². The molecule has 6 nitrogen and oxygen atoms in total. The lowest BCUT2D eigenvalue weighted by Gasteiger charge is -2.12. The van der Waals surface area contributed by atoms with Gasteiger partial charge >= 0.3 is 0 Å². The van der Waals surface area contributed by atoms with Gasteiger partial charge in [0, 0.05) is 11.5 Å². The molecular formula is C22H22N4O2. The molecule has 0 saturated heterocycles. The third-order valence-corrected chi connectivity index (χ3v) is 4.70. The van der Waals surface area contributed by atoms with E-state index in [0.29, 0.717) is 17.4 Å². The van der Waals surface area contributed by atoms with E-state index in [1.54, 1.807) is 23.7 Å². The molecule has 0 fully saturated rings. The molecule has 0 aliphatic heterocycles. The molecule has 28 heavy (non-hydrogen) atoms. The Morgan fingerprint density at radius 3 is 2.50 bits per heavy atom. The van der Waals surface area contributed by atoms with Crippen LogP contribution in [0.1, 0.15) is 38.7 Å². The molecule has 0 radical (unpaired) electrons. The van der Waals surface area contributed by atoms with Crippen LogP contribution in [-0.2, 0) is 0 Å². The van der Waals surface area contributed by atoms with Gasteiger partial charge in [0.15, 0.2) is 11.6 Å². The summed E-state index contributed by atoms with van der Waals surface area (Å²) in [5.74, 6) is 1.84. The first-order valence-corrected chi connectivity index (χ1v) is 9.15. The lowest BCUT2D eigenvalue weighted by molar-refractivity contribution is 0.0994. The summed E-state index contributed by atoms with van der Waals surface area (Å²) in [7, 11) is 0. The predicted molar refractivity (Wildman–Crippen MR) is 109 cm³/mol. The first-order valence-electron chi connectivity index (χ1n) is 9.15. The van der Waals surface area contributed by atoms with E-state index in [-0.39, 0.29) is 11.7 Å². The summed E-state index contributed by atoms with van der Waals surface area (Å²) in [5, 5.41) is 8.54. The van der Waals surface area contributed by atoms with E-state index >= 15 is 0 Å². The number of amides is 1. The monoisotopic (exact) mass is 374 g/mol. The number of hydrogen-bond acceptors (Lipinski definition) is 4. The quantitative estimate of drug-likeness (QED) is 0.559. The van der Waals surface area contributed by atoms with Gasteiger partial charge in [-0.1, -0.05) is 11.6 Å². The van der Waals surface area contributed by atoms with E-state index in [0.717, 1.165) is 27.7 Å². The molecule has 6 heteroatoms. The molecule has 0 saturated carbocycles. The highest BCUT2D eigenvalue weighted by Crippen LogP contribution is 2.26. The van der Waals surface area contributed by atoms with Crippen molar-refractivity contribution in [1.82, 2.24) is 14.8 Å². The summed E-state index contributed by atoms with van der Waals surface area (Å²) >= 11 is 0. The maximum absolute atomic E-state index is 12.5. The third-order valence-electron chi connectivity index (χ3n) is 4.70. The Balaban J connectivity index is 1.79. The van der Waals surface area contributed by atoms with Crippen LogP contribution < -0.4 is 5.32 Å². The number of hydrogen-bond donors (Lipinski definition) is 1. The zero-order valence-electron chi connectivity index (χ0n) is 16.6. The van der Waals surface area contributed by atoms with Gasteiger partial charge in [0.05, 0.1) is 11.2 Å². The second kappa shape index (κ2) is 6.64. The molecule has 0 spiro atoms. The van der Waals surface area contributed by atoms with E-state index in [4.69, 9.17) is 9.40 Å². The summed E-state index contributed by atoms with van der Waals surface area (Å²) in [5.41, 5.74) is 5.15. The number of benzene rings is 1. The van der Waals surface area contributed by atoms with Crippen LogP contribution in [0.5, 0.6) is 0 Å². The highest BCUT2D eigenvalue weighted by molar-refractivity contribution is 6.02. The molecule has 142 valence electrons. The number of furan rings is 1. The van der Waals surface area contributed by atoms with E-state index < -0.39 is 0 Å². The van der Waals surface area contributed by atoms with Crippen molar-refractivity contribution in [2.45, 2.75) is 34.6 Å². The van der Waals surface area contributed by atoms with Crippen LogP contribution in [0, 0.1) is 34.6 Å².